The molecule has 0 spiro atoms. The molecule has 19 heavy (non-hydrogen) atoms. The molecule has 4 heteroatoms. The molecule has 4 nitrogen and oxygen atoms in total. The van der Waals surface area contributed by atoms with E-state index in [2.05, 4.69) is 17.1 Å². The van der Waals surface area contributed by atoms with Crippen LogP contribution in [-0.2, 0) is 0 Å². The van der Waals surface area contributed by atoms with Gasteiger partial charge in [-0.05, 0) is 56.6 Å². The molecule has 1 fully saturated rings. The van der Waals surface area contributed by atoms with Crippen molar-refractivity contribution in [3.05, 3.63) is 29.3 Å². The van der Waals surface area contributed by atoms with Gasteiger partial charge in [0.25, 0.3) is 5.91 Å². The summed E-state index contributed by atoms with van der Waals surface area (Å²) in [5.74, 6) is 0.141. The third kappa shape index (κ3) is 3.26. The zero-order valence-electron chi connectivity index (χ0n) is 11.6. The smallest absolute Gasteiger partial charge is 0.251 e. The molecule has 1 aliphatic heterocycles. The second-order valence-electron chi connectivity index (χ2n) is 5.13. The van der Waals surface area contributed by atoms with Gasteiger partial charge in [-0.3, -0.25) is 9.69 Å². The van der Waals surface area contributed by atoms with Crippen molar-refractivity contribution < 1.29 is 9.90 Å². The van der Waals surface area contributed by atoms with Gasteiger partial charge in [0.05, 0.1) is 0 Å². The monoisotopic (exact) mass is 262 g/mol. The van der Waals surface area contributed by atoms with E-state index in [9.17, 15) is 9.90 Å². The van der Waals surface area contributed by atoms with Crippen LogP contribution in [0.2, 0.25) is 0 Å². The summed E-state index contributed by atoms with van der Waals surface area (Å²) >= 11 is 0. The first-order valence-electron chi connectivity index (χ1n) is 6.93. The molecule has 104 valence electrons. The molecule has 1 saturated heterocycles. The molecule has 0 bridgehead atoms. The minimum atomic E-state index is -0.0551. The van der Waals surface area contributed by atoms with Crippen molar-refractivity contribution >= 4 is 5.91 Å². The maximum Gasteiger partial charge on any atom is 0.251 e. The average Bonchev–Trinajstić information content (AvgIpc) is 2.83. The Bertz CT molecular complexity index is 459. The van der Waals surface area contributed by atoms with Crippen molar-refractivity contribution in [3.63, 3.8) is 0 Å². The number of aryl methyl sites for hydroxylation is 1. The van der Waals surface area contributed by atoms with Crippen molar-refractivity contribution in [3.8, 4) is 5.75 Å². The van der Waals surface area contributed by atoms with Gasteiger partial charge in [0.1, 0.15) is 5.75 Å². The van der Waals surface area contributed by atoms with Crippen LogP contribution in [-0.4, -0.2) is 41.6 Å². The fraction of sp³-hybridized carbons (Fsp3) is 0.533. The van der Waals surface area contributed by atoms with Crippen LogP contribution < -0.4 is 5.32 Å². The maximum atomic E-state index is 12.1. The fourth-order valence-electron chi connectivity index (χ4n) is 2.75. The molecule has 2 rings (SSSR count). The lowest BCUT2D eigenvalue weighted by Gasteiger charge is -2.23. The van der Waals surface area contributed by atoms with Gasteiger partial charge in [-0.25, -0.2) is 0 Å². The van der Waals surface area contributed by atoms with Gasteiger partial charge in [-0.2, -0.15) is 0 Å². The summed E-state index contributed by atoms with van der Waals surface area (Å²) in [4.78, 5) is 14.5. The molecule has 1 amide bonds. The molecule has 2 N–H and O–H groups in total. The number of carbonyl (C=O) groups excluding carboxylic acids is 1. The van der Waals surface area contributed by atoms with E-state index < -0.39 is 0 Å². The van der Waals surface area contributed by atoms with Crippen molar-refractivity contribution in [1.82, 2.24) is 10.2 Å². The van der Waals surface area contributed by atoms with Gasteiger partial charge in [-0.1, -0.05) is 6.92 Å². The van der Waals surface area contributed by atoms with E-state index in [1.807, 2.05) is 6.92 Å². The molecule has 0 saturated carbocycles. The molecule has 1 aromatic carbocycles. The van der Waals surface area contributed by atoms with Crippen LogP contribution >= 0.6 is 0 Å². The number of phenolic OH excluding ortho intramolecular Hbond substituents is 1. The standard InChI is InChI=1S/C15H22N2O2/c1-3-17-8-4-5-12(17)10-16-15(19)14-7-6-13(18)9-11(14)2/h6-7,9,12,18H,3-5,8,10H2,1-2H3,(H,16,19). The Morgan fingerprint density at radius 3 is 3.00 bits per heavy atom. The molecule has 1 atom stereocenters. The summed E-state index contributed by atoms with van der Waals surface area (Å²) in [5.41, 5.74) is 1.44. The number of aromatic hydroxyl groups is 1. The van der Waals surface area contributed by atoms with Gasteiger partial charge in [-0.15, -0.1) is 0 Å². The first kappa shape index (κ1) is 13.9. The minimum Gasteiger partial charge on any atom is -0.508 e. The number of rotatable bonds is 4. The number of likely N-dealkylation sites (tertiary alicyclic amines) is 1. The van der Waals surface area contributed by atoms with Crippen LogP contribution in [0.4, 0.5) is 0 Å². The fourth-order valence-corrected chi connectivity index (χ4v) is 2.75. The Morgan fingerprint density at radius 1 is 1.53 bits per heavy atom. The Kier molecular flexibility index (Phi) is 4.43. The SMILES string of the molecule is CCN1CCCC1CNC(=O)c1ccc(O)cc1C. The van der Waals surface area contributed by atoms with E-state index in [1.165, 1.54) is 6.42 Å². The summed E-state index contributed by atoms with van der Waals surface area (Å²) in [6.45, 7) is 6.87. The summed E-state index contributed by atoms with van der Waals surface area (Å²) in [6, 6.07) is 5.30. The predicted molar refractivity (Wildman–Crippen MR) is 75.4 cm³/mol. The van der Waals surface area contributed by atoms with Gasteiger partial charge < -0.3 is 10.4 Å². The topological polar surface area (TPSA) is 52.6 Å². The largest absolute Gasteiger partial charge is 0.508 e. The molecular formula is C15H22N2O2. The van der Waals surface area contributed by atoms with Crippen LogP contribution in [0.5, 0.6) is 5.75 Å². The Labute approximate surface area is 114 Å². The molecular weight excluding hydrogens is 240 g/mol. The number of nitrogens with zero attached hydrogens (tertiary/aromatic N) is 1. The lowest BCUT2D eigenvalue weighted by molar-refractivity contribution is 0.0941. The predicted octanol–water partition coefficient (Wildman–Crippen LogP) is 1.91. The highest BCUT2D eigenvalue weighted by Gasteiger charge is 2.23. The van der Waals surface area contributed by atoms with E-state index in [-0.39, 0.29) is 11.7 Å². The quantitative estimate of drug-likeness (QED) is 0.871. The zero-order valence-corrected chi connectivity index (χ0v) is 11.6. The molecule has 0 radical (unpaired) electrons. The van der Waals surface area contributed by atoms with Gasteiger partial charge in [0.2, 0.25) is 0 Å². The second-order valence-corrected chi connectivity index (χ2v) is 5.13. The molecule has 1 aromatic rings. The van der Waals surface area contributed by atoms with E-state index in [4.69, 9.17) is 0 Å². The lowest BCUT2D eigenvalue weighted by Crippen LogP contribution is -2.40. The van der Waals surface area contributed by atoms with E-state index in [0.29, 0.717) is 18.2 Å². The lowest BCUT2D eigenvalue weighted by atomic mass is 10.1. The molecule has 0 aliphatic carbocycles. The van der Waals surface area contributed by atoms with Gasteiger partial charge >= 0.3 is 0 Å². The number of amides is 1. The van der Waals surface area contributed by atoms with E-state index in [0.717, 1.165) is 25.1 Å². The first-order valence-corrected chi connectivity index (χ1v) is 6.93. The van der Waals surface area contributed by atoms with Crippen LogP contribution in [0, 0.1) is 6.92 Å². The Morgan fingerprint density at radius 2 is 2.32 bits per heavy atom. The highest BCUT2D eigenvalue weighted by molar-refractivity contribution is 5.95. The van der Waals surface area contributed by atoms with Crippen molar-refractivity contribution in [2.24, 2.45) is 0 Å². The second kappa shape index (κ2) is 6.06. The Balaban J connectivity index is 1.94. The van der Waals surface area contributed by atoms with E-state index in [1.54, 1.807) is 18.2 Å². The summed E-state index contributed by atoms with van der Waals surface area (Å²) in [5, 5.41) is 12.4. The molecule has 1 aliphatic rings. The van der Waals surface area contributed by atoms with Gasteiger partial charge in [0.15, 0.2) is 0 Å². The van der Waals surface area contributed by atoms with E-state index >= 15 is 0 Å². The highest BCUT2D eigenvalue weighted by atomic mass is 16.3. The number of benzene rings is 1. The third-order valence-electron chi connectivity index (χ3n) is 3.86. The highest BCUT2D eigenvalue weighted by Crippen LogP contribution is 2.17. The summed E-state index contributed by atoms with van der Waals surface area (Å²) < 4.78 is 0. The molecule has 1 unspecified atom stereocenters. The van der Waals surface area contributed by atoms with Crippen molar-refractivity contribution in [1.29, 1.82) is 0 Å². The number of nitrogens with one attached hydrogen (secondary N) is 1. The van der Waals surface area contributed by atoms with Crippen LogP contribution in [0.1, 0.15) is 35.7 Å². The normalized spacial score (nSPS) is 19.6. The summed E-state index contributed by atoms with van der Waals surface area (Å²) in [7, 11) is 0. The number of hydrogen-bond donors (Lipinski definition) is 2. The molecule has 0 aromatic heterocycles. The maximum absolute atomic E-state index is 12.1. The first-order chi connectivity index (χ1) is 9.11. The van der Waals surface area contributed by atoms with Crippen molar-refractivity contribution in [2.45, 2.75) is 32.7 Å². The number of hydrogen-bond acceptors (Lipinski definition) is 3. The molecule has 1 heterocycles. The number of carbonyl (C=O) groups is 1. The van der Waals surface area contributed by atoms with Crippen LogP contribution in [0.3, 0.4) is 0 Å². The average molecular weight is 262 g/mol. The van der Waals surface area contributed by atoms with Crippen LogP contribution in [0.15, 0.2) is 18.2 Å². The van der Waals surface area contributed by atoms with Crippen LogP contribution in [0.25, 0.3) is 0 Å². The summed E-state index contributed by atoms with van der Waals surface area (Å²) in [6.07, 6.45) is 2.37. The number of phenols is 1. The number of likely N-dealkylation sites (N-methyl/N-ethyl adjacent to an activating group) is 1. The Hall–Kier alpha value is -1.55. The third-order valence-corrected chi connectivity index (χ3v) is 3.86. The zero-order chi connectivity index (χ0) is 13.8. The van der Waals surface area contributed by atoms with Gasteiger partial charge in [0, 0.05) is 18.2 Å². The minimum absolute atomic E-state index is 0.0551. The van der Waals surface area contributed by atoms with Crippen molar-refractivity contribution in [2.75, 3.05) is 19.6 Å².